The molecule has 0 aliphatic carbocycles. The topological polar surface area (TPSA) is 51.2 Å². The van der Waals surface area contributed by atoms with Gasteiger partial charge in [0.1, 0.15) is 5.75 Å². The van der Waals surface area contributed by atoms with E-state index in [0.717, 1.165) is 13.1 Å². The lowest BCUT2D eigenvalue weighted by molar-refractivity contribution is 0.0907. The Morgan fingerprint density at radius 2 is 2.35 bits per heavy atom. The van der Waals surface area contributed by atoms with Crippen LogP contribution in [0.5, 0.6) is 5.75 Å². The van der Waals surface area contributed by atoms with Crippen molar-refractivity contribution in [2.45, 2.75) is 13.8 Å². The molecule has 2 atom stereocenters. The predicted molar refractivity (Wildman–Crippen MR) is 65.3 cm³/mol. The number of carbonyl (C=O) groups excluding carboxylic acids is 1. The summed E-state index contributed by atoms with van der Waals surface area (Å²) >= 11 is 0. The van der Waals surface area contributed by atoms with E-state index in [1.807, 2.05) is 6.92 Å². The number of Topliss-reactive ketones (excluding diaryl/α,β-unsaturated/α-hetero) is 1. The number of hydrogen-bond acceptors (Lipinski definition) is 4. The maximum atomic E-state index is 12.3. The predicted octanol–water partition coefficient (Wildman–Crippen LogP) is 1.52. The third kappa shape index (κ3) is 2.64. The van der Waals surface area contributed by atoms with Crippen LogP contribution >= 0.6 is 0 Å². The van der Waals surface area contributed by atoms with E-state index in [-0.39, 0.29) is 11.7 Å². The summed E-state index contributed by atoms with van der Waals surface area (Å²) in [5.74, 6) is 1.28. The second-order valence-electron chi connectivity index (χ2n) is 4.45. The molecule has 1 saturated heterocycles. The van der Waals surface area contributed by atoms with E-state index in [1.165, 1.54) is 0 Å². The van der Waals surface area contributed by atoms with Gasteiger partial charge in [0.25, 0.3) is 0 Å². The number of rotatable bonds is 4. The molecule has 0 spiro atoms. The molecule has 4 heteroatoms. The van der Waals surface area contributed by atoms with Crippen molar-refractivity contribution in [3.05, 3.63) is 24.0 Å². The molecule has 0 bridgehead atoms. The van der Waals surface area contributed by atoms with Gasteiger partial charge in [-0.3, -0.25) is 9.78 Å². The summed E-state index contributed by atoms with van der Waals surface area (Å²) in [6.45, 7) is 6.27. The van der Waals surface area contributed by atoms with Crippen LogP contribution in [0.15, 0.2) is 18.5 Å². The normalized spacial score (nSPS) is 23.6. The van der Waals surface area contributed by atoms with Gasteiger partial charge < -0.3 is 10.1 Å². The van der Waals surface area contributed by atoms with Gasteiger partial charge in [0.2, 0.25) is 0 Å². The third-order valence-corrected chi connectivity index (χ3v) is 3.16. The van der Waals surface area contributed by atoms with Crippen LogP contribution in [0.1, 0.15) is 24.2 Å². The number of ketones is 1. The molecule has 0 aromatic carbocycles. The van der Waals surface area contributed by atoms with Gasteiger partial charge in [0, 0.05) is 24.2 Å². The SMILES string of the molecule is CCOc1cncc(C(=O)C2CNCC2C)c1. The Hall–Kier alpha value is -1.42. The van der Waals surface area contributed by atoms with E-state index in [4.69, 9.17) is 4.74 Å². The molecule has 1 fully saturated rings. The molecule has 2 heterocycles. The van der Waals surface area contributed by atoms with Crippen molar-refractivity contribution in [2.24, 2.45) is 11.8 Å². The molecular weight excluding hydrogens is 216 g/mol. The highest BCUT2D eigenvalue weighted by Gasteiger charge is 2.30. The number of ether oxygens (including phenoxy) is 1. The average Bonchev–Trinajstić information content (AvgIpc) is 2.75. The second kappa shape index (κ2) is 5.27. The van der Waals surface area contributed by atoms with E-state index >= 15 is 0 Å². The zero-order valence-electron chi connectivity index (χ0n) is 10.3. The van der Waals surface area contributed by atoms with E-state index in [2.05, 4.69) is 17.2 Å². The summed E-state index contributed by atoms with van der Waals surface area (Å²) < 4.78 is 5.36. The molecule has 1 aliphatic heterocycles. The Labute approximate surface area is 101 Å². The first kappa shape index (κ1) is 12.0. The minimum absolute atomic E-state index is 0.0636. The third-order valence-electron chi connectivity index (χ3n) is 3.16. The van der Waals surface area contributed by atoms with Crippen LogP contribution in [0, 0.1) is 11.8 Å². The van der Waals surface area contributed by atoms with Crippen molar-refractivity contribution >= 4 is 5.78 Å². The second-order valence-corrected chi connectivity index (χ2v) is 4.45. The van der Waals surface area contributed by atoms with Crippen LogP contribution in [0.25, 0.3) is 0 Å². The van der Waals surface area contributed by atoms with Gasteiger partial charge in [0.15, 0.2) is 5.78 Å². The molecule has 2 rings (SSSR count). The van der Waals surface area contributed by atoms with Gasteiger partial charge in [-0.1, -0.05) is 6.92 Å². The Morgan fingerprint density at radius 3 is 3.00 bits per heavy atom. The number of pyridine rings is 1. The van der Waals surface area contributed by atoms with Crippen molar-refractivity contribution in [1.29, 1.82) is 0 Å². The highest BCUT2D eigenvalue weighted by Crippen LogP contribution is 2.22. The first-order valence-corrected chi connectivity index (χ1v) is 6.05. The molecule has 0 saturated carbocycles. The van der Waals surface area contributed by atoms with E-state index in [1.54, 1.807) is 18.5 Å². The highest BCUT2D eigenvalue weighted by atomic mass is 16.5. The smallest absolute Gasteiger partial charge is 0.169 e. The maximum Gasteiger partial charge on any atom is 0.169 e. The standard InChI is InChI=1S/C13H18N2O2/c1-3-17-11-4-10(6-15-7-11)13(16)12-8-14-5-9(12)2/h4,6-7,9,12,14H,3,5,8H2,1-2H3. The van der Waals surface area contributed by atoms with Crippen molar-refractivity contribution in [3.8, 4) is 5.75 Å². The fourth-order valence-corrected chi connectivity index (χ4v) is 2.17. The first-order valence-electron chi connectivity index (χ1n) is 6.05. The van der Waals surface area contributed by atoms with Gasteiger partial charge in [0.05, 0.1) is 12.8 Å². The molecular formula is C13H18N2O2. The van der Waals surface area contributed by atoms with E-state index in [0.29, 0.717) is 23.8 Å². The molecule has 17 heavy (non-hydrogen) atoms. The molecule has 0 radical (unpaired) electrons. The molecule has 1 aromatic rings. The highest BCUT2D eigenvalue weighted by molar-refractivity contribution is 5.98. The molecule has 1 N–H and O–H groups in total. The lowest BCUT2D eigenvalue weighted by Crippen LogP contribution is -2.21. The number of carbonyl (C=O) groups is 1. The minimum Gasteiger partial charge on any atom is -0.492 e. The molecule has 1 aliphatic rings. The van der Waals surface area contributed by atoms with Crippen molar-refractivity contribution in [3.63, 3.8) is 0 Å². The quantitative estimate of drug-likeness (QED) is 0.802. The van der Waals surface area contributed by atoms with Crippen LogP contribution < -0.4 is 10.1 Å². The van der Waals surface area contributed by atoms with Gasteiger partial charge in [-0.25, -0.2) is 0 Å². The number of hydrogen-bond donors (Lipinski definition) is 1. The number of nitrogens with one attached hydrogen (secondary N) is 1. The molecule has 4 nitrogen and oxygen atoms in total. The van der Waals surface area contributed by atoms with Crippen LogP contribution in [0.3, 0.4) is 0 Å². The van der Waals surface area contributed by atoms with Crippen molar-refractivity contribution in [2.75, 3.05) is 19.7 Å². The van der Waals surface area contributed by atoms with Gasteiger partial charge >= 0.3 is 0 Å². The molecule has 1 aromatic heterocycles. The van der Waals surface area contributed by atoms with Gasteiger partial charge in [-0.2, -0.15) is 0 Å². The largest absolute Gasteiger partial charge is 0.492 e. The first-order chi connectivity index (χ1) is 8.22. The summed E-state index contributed by atoms with van der Waals surface area (Å²) in [4.78, 5) is 16.3. The summed E-state index contributed by atoms with van der Waals surface area (Å²) in [6.07, 6.45) is 3.26. The zero-order valence-corrected chi connectivity index (χ0v) is 10.3. The molecule has 92 valence electrons. The lowest BCUT2D eigenvalue weighted by Gasteiger charge is -2.13. The van der Waals surface area contributed by atoms with Crippen molar-refractivity contribution in [1.82, 2.24) is 10.3 Å². The lowest BCUT2D eigenvalue weighted by atomic mass is 9.90. The maximum absolute atomic E-state index is 12.3. The average molecular weight is 234 g/mol. The molecule has 0 amide bonds. The monoisotopic (exact) mass is 234 g/mol. The van der Waals surface area contributed by atoms with Gasteiger partial charge in [-0.15, -0.1) is 0 Å². The fourth-order valence-electron chi connectivity index (χ4n) is 2.17. The Balaban J connectivity index is 2.15. The Bertz CT molecular complexity index is 406. The summed E-state index contributed by atoms with van der Waals surface area (Å²) in [5, 5.41) is 3.24. The van der Waals surface area contributed by atoms with Crippen LogP contribution in [-0.2, 0) is 0 Å². The summed E-state index contributed by atoms with van der Waals surface area (Å²) in [7, 11) is 0. The van der Waals surface area contributed by atoms with Crippen molar-refractivity contribution < 1.29 is 9.53 Å². The minimum atomic E-state index is 0.0636. The van der Waals surface area contributed by atoms with Crippen LogP contribution in [0.2, 0.25) is 0 Å². The Morgan fingerprint density at radius 1 is 1.53 bits per heavy atom. The summed E-state index contributed by atoms with van der Waals surface area (Å²) in [5.41, 5.74) is 0.650. The summed E-state index contributed by atoms with van der Waals surface area (Å²) in [6, 6.07) is 1.78. The fraction of sp³-hybridized carbons (Fsp3) is 0.538. The van der Waals surface area contributed by atoms with E-state index < -0.39 is 0 Å². The number of nitrogens with zero attached hydrogens (tertiary/aromatic N) is 1. The van der Waals surface area contributed by atoms with Gasteiger partial charge in [-0.05, 0) is 25.5 Å². The zero-order chi connectivity index (χ0) is 12.3. The Kier molecular flexibility index (Phi) is 3.74. The van der Waals surface area contributed by atoms with Crippen LogP contribution in [-0.4, -0.2) is 30.5 Å². The van der Waals surface area contributed by atoms with E-state index in [9.17, 15) is 4.79 Å². The number of aromatic nitrogens is 1. The van der Waals surface area contributed by atoms with Crippen LogP contribution in [0.4, 0.5) is 0 Å². The molecule has 2 unspecified atom stereocenters.